The van der Waals surface area contributed by atoms with Crippen LogP contribution >= 0.6 is 0 Å². The van der Waals surface area contributed by atoms with Gasteiger partial charge < -0.3 is 14.9 Å². The SMILES string of the molecule is COC(=O)c1c(CS(=O)(=O)c2ccccc2)ccc(-c2ccoc2)c1CCCN. The van der Waals surface area contributed by atoms with Gasteiger partial charge in [0.1, 0.15) is 0 Å². The molecule has 2 N–H and O–H groups in total. The van der Waals surface area contributed by atoms with E-state index in [1.807, 2.05) is 6.07 Å². The third-order valence-electron chi connectivity index (χ3n) is 4.70. The van der Waals surface area contributed by atoms with Crippen LogP contribution in [0.1, 0.15) is 27.9 Å². The van der Waals surface area contributed by atoms with Gasteiger partial charge in [0.05, 0.1) is 35.8 Å². The fourth-order valence-electron chi connectivity index (χ4n) is 3.32. The highest BCUT2D eigenvalue weighted by molar-refractivity contribution is 7.90. The molecule has 0 fully saturated rings. The zero-order valence-electron chi connectivity index (χ0n) is 16.1. The zero-order valence-corrected chi connectivity index (χ0v) is 16.9. The minimum absolute atomic E-state index is 0.207. The van der Waals surface area contributed by atoms with E-state index in [4.69, 9.17) is 14.9 Å². The summed E-state index contributed by atoms with van der Waals surface area (Å²) in [5.74, 6) is -0.872. The van der Waals surface area contributed by atoms with E-state index in [1.54, 1.807) is 55.0 Å². The van der Waals surface area contributed by atoms with Crippen LogP contribution in [0.25, 0.3) is 11.1 Å². The topological polar surface area (TPSA) is 99.6 Å². The second-order valence-corrected chi connectivity index (χ2v) is 8.58. The number of hydrogen-bond donors (Lipinski definition) is 1. The summed E-state index contributed by atoms with van der Waals surface area (Å²) in [6, 6.07) is 13.5. The maximum absolute atomic E-state index is 12.9. The predicted octanol–water partition coefficient (Wildman–Crippen LogP) is 3.60. The van der Waals surface area contributed by atoms with Crippen LogP contribution in [0.3, 0.4) is 0 Å². The van der Waals surface area contributed by atoms with Gasteiger partial charge in [-0.2, -0.15) is 0 Å². The molecule has 2 aromatic carbocycles. The Morgan fingerprint density at radius 3 is 2.48 bits per heavy atom. The summed E-state index contributed by atoms with van der Waals surface area (Å²) in [5, 5.41) is 0. The van der Waals surface area contributed by atoms with E-state index < -0.39 is 15.8 Å². The van der Waals surface area contributed by atoms with Crippen LogP contribution in [0.2, 0.25) is 0 Å². The number of rotatable bonds is 8. The summed E-state index contributed by atoms with van der Waals surface area (Å²) in [6.07, 6.45) is 4.29. The Bertz CT molecular complexity index is 1070. The summed E-state index contributed by atoms with van der Waals surface area (Å²) in [7, 11) is -2.35. The molecule has 1 heterocycles. The summed E-state index contributed by atoms with van der Waals surface area (Å²) >= 11 is 0. The van der Waals surface area contributed by atoms with Gasteiger partial charge in [0, 0.05) is 5.56 Å². The molecule has 152 valence electrons. The highest BCUT2D eigenvalue weighted by atomic mass is 32.2. The van der Waals surface area contributed by atoms with Crippen LogP contribution in [0.15, 0.2) is 70.4 Å². The van der Waals surface area contributed by atoms with Gasteiger partial charge in [-0.1, -0.05) is 30.3 Å². The minimum Gasteiger partial charge on any atom is -0.472 e. The summed E-state index contributed by atoms with van der Waals surface area (Å²) in [6.45, 7) is 0.442. The lowest BCUT2D eigenvalue weighted by Crippen LogP contribution is -2.15. The molecule has 0 aliphatic heterocycles. The third kappa shape index (κ3) is 4.58. The number of methoxy groups -OCH3 is 1. The molecule has 6 nitrogen and oxygen atoms in total. The molecular weight excluding hydrogens is 390 g/mol. The number of carbonyl (C=O) groups is 1. The van der Waals surface area contributed by atoms with Gasteiger partial charge in [0.25, 0.3) is 0 Å². The normalized spacial score (nSPS) is 11.4. The van der Waals surface area contributed by atoms with Crippen molar-refractivity contribution < 1.29 is 22.4 Å². The number of ether oxygens (including phenoxy) is 1. The Labute approximate surface area is 170 Å². The molecule has 7 heteroatoms. The molecule has 0 spiro atoms. The molecule has 3 rings (SSSR count). The summed E-state index contributed by atoms with van der Waals surface area (Å²) in [5.41, 5.74) is 8.69. The van der Waals surface area contributed by atoms with E-state index in [1.165, 1.54) is 7.11 Å². The van der Waals surface area contributed by atoms with Gasteiger partial charge in [0.15, 0.2) is 9.84 Å². The highest BCUT2D eigenvalue weighted by Gasteiger charge is 2.25. The molecule has 0 radical (unpaired) electrons. The van der Waals surface area contributed by atoms with E-state index in [9.17, 15) is 13.2 Å². The molecule has 0 saturated heterocycles. The monoisotopic (exact) mass is 413 g/mol. The highest BCUT2D eigenvalue weighted by Crippen LogP contribution is 2.32. The maximum atomic E-state index is 12.9. The first-order valence-electron chi connectivity index (χ1n) is 9.21. The summed E-state index contributed by atoms with van der Waals surface area (Å²) < 4.78 is 36.0. The van der Waals surface area contributed by atoms with Crippen LogP contribution in [0.4, 0.5) is 0 Å². The van der Waals surface area contributed by atoms with Crippen LogP contribution in [-0.2, 0) is 26.7 Å². The molecule has 3 aromatic rings. The lowest BCUT2D eigenvalue weighted by molar-refractivity contribution is 0.0598. The van der Waals surface area contributed by atoms with Crippen molar-refractivity contribution in [2.45, 2.75) is 23.5 Å². The molecule has 29 heavy (non-hydrogen) atoms. The molecule has 0 amide bonds. The van der Waals surface area contributed by atoms with Crippen LogP contribution in [0, 0.1) is 0 Å². The Kier molecular flexibility index (Phi) is 6.51. The second-order valence-electron chi connectivity index (χ2n) is 6.59. The fourth-order valence-corrected chi connectivity index (χ4v) is 4.70. The van der Waals surface area contributed by atoms with Crippen molar-refractivity contribution in [2.75, 3.05) is 13.7 Å². The van der Waals surface area contributed by atoms with Crippen molar-refractivity contribution >= 4 is 15.8 Å². The van der Waals surface area contributed by atoms with Crippen molar-refractivity contribution in [3.05, 3.63) is 77.7 Å². The first kappa shape index (κ1) is 20.8. The van der Waals surface area contributed by atoms with E-state index in [0.29, 0.717) is 30.5 Å². The van der Waals surface area contributed by atoms with Gasteiger partial charge in [0.2, 0.25) is 0 Å². The first-order valence-corrected chi connectivity index (χ1v) is 10.9. The van der Waals surface area contributed by atoms with Crippen LogP contribution in [0.5, 0.6) is 0 Å². The zero-order chi connectivity index (χ0) is 20.9. The van der Waals surface area contributed by atoms with Crippen molar-refractivity contribution in [3.63, 3.8) is 0 Å². The Morgan fingerprint density at radius 2 is 1.86 bits per heavy atom. The number of nitrogens with two attached hydrogens (primary N) is 1. The average Bonchev–Trinajstić information content (AvgIpc) is 3.26. The molecule has 0 aliphatic carbocycles. The lowest BCUT2D eigenvalue weighted by Gasteiger charge is -2.17. The van der Waals surface area contributed by atoms with Crippen molar-refractivity contribution in [3.8, 4) is 11.1 Å². The molecule has 0 aliphatic rings. The van der Waals surface area contributed by atoms with Crippen molar-refractivity contribution in [1.29, 1.82) is 0 Å². The fraction of sp³-hybridized carbons (Fsp3) is 0.227. The Balaban J connectivity index is 2.15. The van der Waals surface area contributed by atoms with Crippen molar-refractivity contribution in [2.24, 2.45) is 5.73 Å². The van der Waals surface area contributed by atoms with E-state index in [-0.39, 0.29) is 16.2 Å². The summed E-state index contributed by atoms with van der Waals surface area (Å²) in [4.78, 5) is 12.9. The molecular formula is C22H23NO5S. The minimum atomic E-state index is -3.63. The van der Waals surface area contributed by atoms with Crippen LogP contribution in [-0.4, -0.2) is 28.0 Å². The van der Waals surface area contributed by atoms with E-state index >= 15 is 0 Å². The van der Waals surface area contributed by atoms with E-state index in [2.05, 4.69) is 0 Å². The van der Waals surface area contributed by atoms with Gasteiger partial charge >= 0.3 is 5.97 Å². The quantitative estimate of drug-likeness (QED) is 0.567. The molecule has 0 atom stereocenters. The predicted molar refractivity (Wildman–Crippen MR) is 110 cm³/mol. The maximum Gasteiger partial charge on any atom is 0.338 e. The second kappa shape index (κ2) is 9.07. The van der Waals surface area contributed by atoms with E-state index in [0.717, 1.165) is 11.1 Å². The average molecular weight is 413 g/mol. The molecule has 0 unspecified atom stereocenters. The molecule has 1 aromatic heterocycles. The Hall–Kier alpha value is -2.90. The molecule has 0 bridgehead atoms. The molecule has 0 saturated carbocycles. The number of sulfone groups is 1. The number of benzene rings is 2. The van der Waals surface area contributed by atoms with Crippen molar-refractivity contribution in [1.82, 2.24) is 0 Å². The standard InChI is InChI=1S/C22H23NO5S/c1-27-22(24)21-17(15-29(25,26)18-6-3-2-4-7-18)9-10-19(16-11-13-28-14-16)20(21)8-5-12-23/h2-4,6-7,9-11,13-14H,5,8,12,15,23H2,1H3. The first-order chi connectivity index (χ1) is 14.0. The Morgan fingerprint density at radius 1 is 1.10 bits per heavy atom. The van der Waals surface area contributed by atoms with Gasteiger partial charge in [-0.25, -0.2) is 13.2 Å². The lowest BCUT2D eigenvalue weighted by atomic mass is 9.90. The number of esters is 1. The smallest absolute Gasteiger partial charge is 0.338 e. The van der Waals surface area contributed by atoms with Gasteiger partial charge in [-0.15, -0.1) is 0 Å². The number of carbonyl (C=O) groups excluding carboxylic acids is 1. The number of furan rings is 1. The van der Waals surface area contributed by atoms with Gasteiger partial charge in [-0.3, -0.25) is 0 Å². The number of hydrogen-bond acceptors (Lipinski definition) is 6. The third-order valence-corrected chi connectivity index (χ3v) is 6.38. The van der Waals surface area contributed by atoms with Gasteiger partial charge in [-0.05, 0) is 54.3 Å². The largest absolute Gasteiger partial charge is 0.472 e. The van der Waals surface area contributed by atoms with Crippen LogP contribution < -0.4 is 5.73 Å².